The van der Waals surface area contributed by atoms with Crippen LogP contribution in [0.1, 0.15) is 47.0 Å². The summed E-state index contributed by atoms with van der Waals surface area (Å²) >= 11 is 0. The van der Waals surface area contributed by atoms with Crippen molar-refractivity contribution in [2.24, 2.45) is 7.05 Å². The van der Waals surface area contributed by atoms with E-state index < -0.39 is 23.4 Å². The minimum atomic E-state index is -0.832. The van der Waals surface area contributed by atoms with E-state index in [-0.39, 0.29) is 41.0 Å². The summed E-state index contributed by atoms with van der Waals surface area (Å²) < 4.78 is 37.0. The van der Waals surface area contributed by atoms with E-state index >= 15 is 4.39 Å². The molecule has 3 aromatic rings. The van der Waals surface area contributed by atoms with Gasteiger partial charge in [-0.2, -0.15) is 14.3 Å². The molecule has 0 radical (unpaired) electrons. The van der Waals surface area contributed by atoms with Crippen molar-refractivity contribution in [2.75, 3.05) is 30.3 Å². The fourth-order valence-corrected chi connectivity index (χ4v) is 4.64. The second kappa shape index (κ2) is 11.6. The molecule has 3 N–H and O–H groups in total. The summed E-state index contributed by atoms with van der Waals surface area (Å²) in [7, 11) is 1.42. The molecule has 2 atom stereocenters. The summed E-state index contributed by atoms with van der Waals surface area (Å²) in [5, 5.41) is 22.8. The number of nitrogens with zero attached hydrogens (tertiary/aromatic N) is 7. The van der Waals surface area contributed by atoms with Gasteiger partial charge in [-0.3, -0.25) is 4.90 Å². The third-order valence-corrected chi connectivity index (χ3v) is 6.48. The number of hydrogen-bond acceptors (Lipinski definition) is 10. The third-order valence-electron chi connectivity index (χ3n) is 6.48. The second-order valence-electron chi connectivity index (χ2n) is 10.6. The highest BCUT2D eigenvalue weighted by Gasteiger charge is 2.32. The zero-order valence-electron chi connectivity index (χ0n) is 22.8. The largest absolute Gasteiger partial charge is 0.489 e. The maximum atomic E-state index is 15.1. The molecule has 2 aromatic heterocycles. The number of anilines is 3. The molecule has 1 saturated heterocycles. The Labute approximate surface area is 225 Å². The van der Waals surface area contributed by atoms with Crippen LogP contribution in [0.2, 0.25) is 0 Å². The van der Waals surface area contributed by atoms with Gasteiger partial charge in [-0.05, 0) is 70.0 Å². The molecule has 0 amide bonds. The number of aromatic nitrogens is 6. The van der Waals surface area contributed by atoms with Crippen LogP contribution in [0.25, 0.3) is 5.69 Å². The SMILES string of the molecule is C[C@@H](O)COc1cc(F)c(Nc2ncc(F)c(NCC[C@@H]3CCCN3C(C)(C)C)n2)cc1-n1nnn(C)c1=O. The van der Waals surface area contributed by atoms with Gasteiger partial charge in [-0.25, -0.2) is 18.6 Å². The molecular weight excluding hydrogens is 512 g/mol. The first-order chi connectivity index (χ1) is 18.4. The van der Waals surface area contributed by atoms with Crippen LogP contribution in [0.15, 0.2) is 23.1 Å². The van der Waals surface area contributed by atoms with Gasteiger partial charge < -0.3 is 20.5 Å². The lowest BCUT2D eigenvalue weighted by Crippen LogP contribution is -2.45. The second-order valence-corrected chi connectivity index (χ2v) is 10.6. The minimum Gasteiger partial charge on any atom is -0.489 e. The lowest BCUT2D eigenvalue weighted by molar-refractivity contribution is 0.118. The van der Waals surface area contributed by atoms with Crippen LogP contribution in [0.4, 0.5) is 26.2 Å². The predicted octanol–water partition coefficient (Wildman–Crippen LogP) is 2.60. The number of aliphatic hydroxyl groups excluding tert-OH is 1. The molecule has 1 fully saturated rings. The van der Waals surface area contributed by atoms with Crippen molar-refractivity contribution < 1.29 is 18.6 Å². The molecule has 0 bridgehead atoms. The number of tetrazole rings is 1. The molecule has 0 saturated carbocycles. The molecule has 3 heterocycles. The highest BCUT2D eigenvalue weighted by molar-refractivity contribution is 5.63. The Morgan fingerprint density at radius 3 is 2.67 bits per heavy atom. The standard InChI is InChI=1S/C25H35F2N9O3/c1-15(37)14-39-21-11-17(26)19(12-20(21)36-24(38)34(5)32-33-36)30-23-29-13-18(27)22(31-23)28-9-8-16-7-6-10-35(16)25(2,3)4/h11-13,15-16,37H,6-10,14H2,1-5H3,(H2,28,29,30,31)/t15-,16+/m1/s1. The van der Waals surface area contributed by atoms with Crippen molar-refractivity contribution in [3.8, 4) is 11.4 Å². The van der Waals surface area contributed by atoms with Gasteiger partial charge in [-0.1, -0.05) is 0 Å². The maximum Gasteiger partial charge on any atom is 0.368 e. The van der Waals surface area contributed by atoms with Crippen LogP contribution in [-0.4, -0.2) is 77.1 Å². The average Bonchev–Trinajstić information content (AvgIpc) is 3.48. The molecule has 0 spiro atoms. The van der Waals surface area contributed by atoms with Crippen molar-refractivity contribution in [3.63, 3.8) is 0 Å². The van der Waals surface area contributed by atoms with Crippen molar-refractivity contribution >= 4 is 17.5 Å². The normalized spacial score (nSPS) is 16.9. The third kappa shape index (κ3) is 6.68. The summed E-state index contributed by atoms with van der Waals surface area (Å²) in [5.74, 6) is -1.46. The van der Waals surface area contributed by atoms with Crippen molar-refractivity contribution in [3.05, 3.63) is 40.4 Å². The van der Waals surface area contributed by atoms with E-state index in [0.717, 1.165) is 47.4 Å². The van der Waals surface area contributed by atoms with E-state index in [1.807, 2.05) is 0 Å². The Bertz CT molecular complexity index is 1350. The van der Waals surface area contributed by atoms with Crippen LogP contribution >= 0.6 is 0 Å². The number of rotatable bonds is 10. The van der Waals surface area contributed by atoms with E-state index in [2.05, 4.69) is 56.7 Å². The number of ether oxygens (including phenoxy) is 1. The molecule has 0 unspecified atom stereocenters. The number of halogens is 2. The molecule has 12 nitrogen and oxygen atoms in total. The summed E-state index contributed by atoms with van der Waals surface area (Å²) in [6.45, 7) is 9.49. The Morgan fingerprint density at radius 1 is 1.23 bits per heavy atom. The van der Waals surface area contributed by atoms with Gasteiger partial charge in [0.25, 0.3) is 0 Å². The Kier molecular flexibility index (Phi) is 8.45. The smallest absolute Gasteiger partial charge is 0.368 e. The van der Waals surface area contributed by atoms with Gasteiger partial charge in [-0.15, -0.1) is 0 Å². The Morgan fingerprint density at radius 2 is 2.00 bits per heavy atom. The number of aryl methyl sites for hydroxylation is 1. The van der Waals surface area contributed by atoms with Crippen LogP contribution in [0.5, 0.6) is 5.75 Å². The van der Waals surface area contributed by atoms with Gasteiger partial charge in [0.1, 0.15) is 18.0 Å². The van der Waals surface area contributed by atoms with E-state index in [4.69, 9.17) is 4.74 Å². The van der Waals surface area contributed by atoms with Crippen molar-refractivity contribution in [2.45, 2.75) is 64.6 Å². The van der Waals surface area contributed by atoms with Crippen LogP contribution in [-0.2, 0) is 7.05 Å². The number of hydrogen-bond donors (Lipinski definition) is 3. The molecule has 1 aliphatic rings. The van der Waals surface area contributed by atoms with E-state index in [0.29, 0.717) is 12.6 Å². The highest BCUT2D eigenvalue weighted by atomic mass is 19.1. The number of benzene rings is 1. The van der Waals surface area contributed by atoms with Crippen LogP contribution < -0.4 is 21.1 Å². The van der Waals surface area contributed by atoms with Crippen LogP contribution in [0, 0.1) is 11.6 Å². The zero-order valence-corrected chi connectivity index (χ0v) is 22.8. The van der Waals surface area contributed by atoms with Gasteiger partial charge in [0, 0.05) is 31.2 Å². The quantitative estimate of drug-likeness (QED) is 0.348. The average molecular weight is 548 g/mol. The number of aliphatic hydroxyl groups is 1. The lowest BCUT2D eigenvalue weighted by atomic mass is 10.0. The van der Waals surface area contributed by atoms with Crippen LogP contribution in [0.3, 0.4) is 0 Å². The molecule has 1 aliphatic heterocycles. The molecule has 0 aliphatic carbocycles. The lowest BCUT2D eigenvalue weighted by Gasteiger charge is -2.37. The first kappa shape index (κ1) is 28.4. The van der Waals surface area contributed by atoms with E-state index in [1.54, 1.807) is 0 Å². The van der Waals surface area contributed by atoms with Crippen molar-refractivity contribution in [1.29, 1.82) is 0 Å². The molecule has 4 rings (SSSR count). The molecule has 212 valence electrons. The van der Waals surface area contributed by atoms with Gasteiger partial charge in [0.2, 0.25) is 5.95 Å². The summed E-state index contributed by atoms with van der Waals surface area (Å²) in [4.78, 5) is 23.1. The first-order valence-corrected chi connectivity index (χ1v) is 12.9. The molecule has 1 aromatic carbocycles. The maximum absolute atomic E-state index is 15.1. The molecule has 39 heavy (non-hydrogen) atoms. The van der Waals surface area contributed by atoms with Gasteiger partial charge in [0.05, 0.1) is 18.0 Å². The monoisotopic (exact) mass is 547 g/mol. The van der Waals surface area contributed by atoms with E-state index in [9.17, 15) is 14.3 Å². The Balaban J connectivity index is 1.53. The summed E-state index contributed by atoms with van der Waals surface area (Å²) in [5.41, 5.74) is -0.546. The first-order valence-electron chi connectivity index (χ1n) is 12.9. The summed E-state index contributed by atoms with van der Waals surface area (Å²) in [6.07, 6.45) is 3.21. The minimum absolute atomic E-state index is 0.00419. The molecular formula is C25H35F2N9O3. The van der Waals surface area contributed by atoms with E-state index in [1.165, 1.54) is 20.0 Å². The predicted molar refractivity (Wildman–Crippen MR) is 142 cm³/mol. The van der Waals surface area contributed by atoms with Crippen molar-refractivity contribution in [1.82, 2.24) is 34.7 Å². The number of nitrogens with one attached hydrogen (secondary N) is 2. The highest BCUT2D eigenvalue weighted by Crippen LogP contribution is 2.31. The topological polar surface area (TPSA) is 135 Å². The van der Waals surface area contributed by atoms with Gasteiger partial charge >= 0.3 is 5.69 Å². The zero-order chi connectivity index (χ0) is 28.3. The fraction of sp³-hybridized carbons (Fsp3) is 0.560. The number of likely N-dealkylation sites (tertiary alicyclic amines) is 1. The fourth-order valence-electron chi connectivity index (χ4n) is 4.64. The Hall–Kier alpha value is -3.65. The summed E-state index contributed by atoms with van der Waals surface area (Å²) in [6, 6.07) is 2.72. The van der Waals surface area contributed by atoms with Gasteiger partial charge in [0.15, 0.2) is 17.5 Å². The molecule has 14 heteroatoms.